The van der Waals surface area contributed by atoms with E-state index in [1.807, 2.05) is 6.92 Å². The number of nitrogens with zero attached hydrogens (tertiary/aromatic N) is 5. The van der Waals surface area contributed by atoms with Crippen molar-refractivity contribution in [1.82, 2.24) is 24.3 Å². The molecule has 10 nitrogen and oxygen atoms in total. The minimum atomic E-state index is -3.91. The topological polar surface area (TPSA) is 133 Å². The number of nitrogens with one attached hydrogen (secondary N) is 1. The van der Waals surface area contributed by atoms with Crippen molar-refractivity contribution in [3.8, 4) is 10.8 Å². The largest absolute Gasteiger partial charge is 0.390 e. The number of hydrogen-bond acceptors (Lipinski definition) is 9. The van der Waals surface area contributed by atoms with Crippen LogP contribution in [0.5, 0.6) is 0 Å². The Kier molecular flexibility index (Phi) is 5.40. The predicted octanol–water partition coefficient (Wildman–Crippen LogP) is 1.55. The molecule has 14 heteroatoms. The second-order valence-electron chi connectivity index (χ2n) is 8.68. The molecule has 1 saturated heterocycles. The summed E-state index contributed by atoms with van der Waals surface area (Å²) in [7, 11) is -3.91. The van der Waals surface area contributed by atoms with Crippen LogP contribution in [-0.4, -0.2) is 69.0 Å². The van der Waals surface area contributed by atoms with Crippen LogP contribution in [0.3, 0.4) is 0 Å². The van der Waals surface area contributed by atoms with Crippen molar-refractivity contribution >= 4 is 32.6 Å². The fraction of sp³-hybridized carbons (Fsp3) is 0.526. The number of imidazole rings is 1. The summed E-state index contributed by atoms with van der Waals surface area (Å²) >= 11 is 0.682. The van der Waals surface area contributed by atoms with Gasteiger partial charge in [-0.1, -0.05) is 11.3 Å². The van der Waals surface area contributed by atoms with Crippen molar-refractivity contribution in [2.45, 2.75) is 55.3 Å². The Morgan fingerprint density at radius 1 is 1.27 bits per heavy atom. The SMILES string of the molecule is CC1(NS(=O)(=O)c2cc(N3CCC(O)C(O)C3)c3cnc(-c4nnc(C(F)F)s4)n3c2)CC1. The molecular formula is C19H22F2N6O4S2. The summed E-state index contributed by atoms with van der Waals surface area (Å²) in [5.41, 5.74) is 0.504. The number of aliphatic hydroxyl groups is 2. The highest BCUT2D eigenvalue weighted by molar-refractivity contribution is 7.89. The fourth-order valence-corrected chi connectivity index (χ4v) is 6.01. The second kappa shape index (κ2) is 7.91. The first-order valence-electron chi connectivity index (χ1n) is 10.3. The molecule has 2 unspecified atom stereocenters. The number of anilines is 1. The molecule has 2 aliphatic rings. The van der Waals surface area contributed by atoms with Crippen molar-refractivity contribution in [2.75, 3.05) is 18.0 Å². The highest BCUT2D eigenvalue weighted by Crippen LogP contribution is 2.38. The number of piperidine rings is 1. The molecule has 1 aliphatic heterocycles. The van der Waals surface area contributed by atoms with E-state index < -0.39 is 39.2 Å². The average molecular weight is 501 g/mol. The molecule has 0 amide bonds. The molecule has 2 atom stereocenters. The molecule has 4 heterocycles. The maximum atomic E-state index is 13.2. The molecule has 0 spiro atoms. The van der Waals surface area contributed by atoms with E-state index in [1.54, 1.807) is 4.90 Å². The van der Waals surface area contributed by atoms with Crippen LogP contribution in [0.2, 0.25) is 0 Å². The molecule has 3 N–H and O–H groups in total. The Balaban J connectivity index is 1.65. The molecule has 0 bridgehead atoms. The Labute approximate surface area is 192 Å². The smallest absolute Gasteiger partial charge is 0.291 e. The Morgan fingerprint density at radius 3 is 2.67 bits per heavy atom. The minimum absolute atomic E-state index is 0.0309. The second-order valence-corrected chi connectivity index (χ2v) is 11.4. The lowest BCUT2D eigenvalue weighted by Crippen LogP contribution is -2.46. The molecular weight excluding hydrogens is 478 g/mol. The molecule has 5 rings (SSSR count). The van der Waals surface area contributed by atoms with Crippen molar-refractivity contribution in [2.24, 2.45) is 0 Å². The predicted molar refractivity (Wildman–Crippen MR) is 116 cm³/mol. The van der Waals surface area contributed by atoms with Gasteiger partial charge in [-0.3, -0.25) is 4.40 Å². The van der Waals surface area contributed by atoms with Crippen LogP contribution in [0.25, 0.3) is 16.3 Å². The standard InChI is InChI=1S/C19H22F2N6O4S2/c1-19(3-4-19)25-33(30,31)10-6-11(26-5-2-13(28)14(29)9-26)12-7-22-16(27(12)8-10)18-24-23-17(32-18)15(20)21/h6-8,13-15,25,28-29H,2-5,9H2,1H3. The molecule has 3 aromatic heterocycles. The quantitative estimate of drug-likeness (QED) is 0.464. The van der Waals surface area contributed by atoms with Crippen molar-refractivity contribution in [1.29, 1.82) is 0 Å². The zero-order chi connectivity index (χ0) is 23.5. The summed E-state index contributed by atoms with van der Waals surface area (Å²) < 4.78 is 56.6. The van der Waals surface area contributed by atoms with E-state index in [2.05, 4.69) is 19.9 Å². The average Bonchev–Trinajstić information content (AvgIpc) is 3.16. The third-order valence-corrected chi connectivity index (χ3v) is 8.52. The van der Waals surface area contributed by atoms with Crippen LogP contribution in [-0.2, 0) is 10.0 Å². The third-order valence-electron chi connectivity index (χ3n) is 5.99. The monoisotopic (exact) mass is 500 g/mol. The Bertz CT molecular complexity index is 1310. The van der Waals surface area contributed by atoms with Crippen molar-refractivity contribution in [3.05, 3.63) is 23.5 Å². The van der Waals surface area contributed by atoms with E-state index in [-0.39, 0.29) is 22.3 Å². The van der Waals surface area contributed by atoms with E-state index in [9.17, 15) is 27.4 Å². The van der Waals surface area contributed by atoms with Crippen LogP contribution in [0.1, 0.15) is 37.6 Å². The first-order chi connectivity index (χ1) is 15.6. The van der Waals surface area contributed by atoms with Gasteiger partial charge in [0.25, 0.3) is 6.43 Å². The zero-order valence-electron chi connectivity index (χ0n) is 17.5. The highest BCUT2D eigenvalue weighted by Gasteiger charge is 2.41. The first kappa shape index (κ1) is 22.5. The number of aromatic nitrogens is 4. The molecule has 178 valence electrons. The normalized spacial score (nSPS) is 22.9. The minimum Gasteiger partial charge on any atom is -0.390 e. The van der Waals surface area contributed by atoms with E-state index in [4.69, 9.17) is 0 Å². The van der Waals surface area contributed by atoms with Gasteiger partial charge in [-0.05, 0) is 32.3 Å². The van der Waals surface area contributed by atoms with Crippen LogP contribution < -0.4 is 9.62 Å². The van der Waals surface area contributed by atoms with Gasteiger partial charge in [0, 0.05) is 24.8 Å². The Hall–Kier alpha value is -2.26. The van der Waals surface area contributed by atoms with Crippen LogP contribution in [0.4, 0.5) is 14.5 Å². The summed E-state index contributed by atoms with van der Waals surface area (Å²) in [6.07, 6.45) is 0.00136. The number of β-amino-alcohol motifs (C(OH)–C–C–N with tert-alkyl or cyclic N) is 1. The van der Waals surface area contributed by atoms with Crippen molar-refractivity contribution < 1.29 is 27.4 Å². The molecule has 1 saturated carbocycles. The number of fused-ring (bicyclic) bond motifs is 1. The Morgan fingerprint density at radius 2 is 2.03 bits per heavy atom. The number of alkyl halides is 2. The maximum absolute atomic E-state index is 13.2. The number of sulfonamides is 1. The number of halogens is 2. The molecule has 0 radical (unpaired) electrons. The highest BCUT2D eigenvalue weighted by atomic mass is 32.2. The van der Waals surface area contributed by atoms with E-state index in [0.717, 1.165) is 12.8 Å². The van der Waals surface area contributed by atoms with E-state index in [1.165, 1.54) is 22.9 Å². The van der Waals surface area contributed by atoms with Gasteiger partial charge < -0.3 is 15.1 Å². The fourth-order valence-electron chi connectivity index (χ4n) is 3.84. The van der Waals surface area contributed by atoms with Crippen LogP contribution in [0, 0.1) is 0 Å². The maximum Gasteiger partial charge on any atom is 0.291 e. The number of hydrogen-bond donors (Lipinski definition) is 3. The lowest BCUT2D eigenvalue weighted by Gasteiger charge is -2.35. The van der Waals surface area contributed by atoms with Gasteiger partial charge in [0.2, 0.25) is 10.0 Å². The van der Waals surface area contributed by atoms with Gasteiger partial charge in [0.1, 0.15) is 4.90 Å². The van der Waals surface area contributed by atoms with Gasteiger partial charge in [-0.25, -0.2) is 26.9 Å². The van der Waals surface area contributed by atoms with E-state index >= 15 is 0 Å². The third kappa shape index (κ3) is 4.21. The molecule has 33 heavy (non-hydrogen) atoms. The number of rotatable bonds is 6. The zero-order valence-corrected chi connectivity index (χ0v) is 19.2. The van der Waals surface area contributed by atoms with Gasteiger partial charge in [-0.15, -0.1) is 10.2 Å². The molecule has 3 aromatic rings. The van der Waals surface area contributed by atoms with E-state index in [0.29, 0.717) is 35.5 Å². The molecule has 2 fully saturated rings. The van der Waals surface area contributed by atoms with Crippen molar-refractivity contribution in [3.63, 3.8) is 0 Å². The number of pyridine rings is 1. The van der Waals surface area contributed by atoms with Gasteiger partial charge >= 0.3 is 0 Å². The summed E-state index contributed by atoms with van der Waals surface area (Å²) in [5, 5.41) is 27.1. The van der Waals surface area contributed by atoms with Gasteiger partial charge in [-0.2, -0.15) is 0 Å². The summed E-state index contributed by atoms with van der Waals surface area (Å²) in [4.78, 5) is 6.06. The summed E-state index contributed by atoms with van der Waals surface area (Å²) in [6.45, 7) is 2.31. The number of aliphatic hydroxyl groups excluding tert-OH is 2. The lowest BCUT2D eigenvalue weighted by atomic mass is 10.0. The summed E-state index contributed by atoms with van der Waals surface area (Å²) in [5.74, 6) is 0.183. The van der Waals surface area contributed by atoms with Crippen LogP contribution >= 0.6 is 11.3 Å². The first-order valence-corrected chi connectivity index (χ1v) is 12.6. The molecule has 0 aromatic carbocycles. The lowest BCUT2D eigenvalue weighted by molar-refractivity contribution is 0.00805. The van der Waals surface area contributed by atoms with Gasteiger partial charge in [0.05, 0.1) is 29.6 Å². The molecule has 1 aliphatic carbocycles. The summed E-state index contributed by atoms with van der Waals surface area (Å²) in [6, 6.07) is 1.50. The van der Waals surface area contributed by atoms with Gasteiger partial charge in [0.15, 0.2) is 15.8 Å². The van der Waals surface area contributed by atoms with Crippen LogP contribution in [0.15, 0.2) is 23.4 Å².